The molecule has 1 aromatic heterocycles. The van der Waals surface area contributed by atoms with E-state index in [1.54, 1.807) is 35.6 Å². The van der Waals surface area contributed by atoms with Crippen LogP contribution in [-0.2, 0) is 6.54 Å². The Morgan fingerprint density at radius 1 is 1.21 bits per heavy atom. The van der Waals surface area contributed by atoms with Gasteiger partial charge in [0.25, 0.3) is 5.91 Å². The number of carbonyl (C=O) groups is 1. The number of hydrogen-bond acceptors (Lipinski definition) is 3. The zero-order valence-electron chi connectivity index (χ0n) is 10.5. The van der Waals surface area contributed by atoms with E-state index in [2.05, 4.69) is 5.32 Å². The van der Waals surface area contributed by atoms with Gasteiger partial charge in [0.1, 0.15) is 4.99 Å². The van der Waals surface area contributed by atoms with Gasteiger partial charge in [-0.1, -0.05) is 24.4 Å². The predicted octanol–water partition coefficient (Wildman–Crippen LogP) is 2.62. The Bertz CT molecular complexity index is 602. The first-order valence-corrected chi connectivity index (χ1v) is 7.02. The van der Waals surface area contributed by atoms with Gasteiger partial charge in [-0.15, -0.1) is 11.3 Å². The summed E-state index contributed by atoms with van der Waals surface area (Å²) in [4.78, 5) is 14.7. The fraction of sp³-hybridized carbons (Fsp3) is 0.143. The molecule has 0 unspecified atom stereocenters. The molecule has 2 aromatic rings. The molecule has 5 heteroatoms. The maximum absolute atomic E-state index is 11.9. The molecule has 98 valence electrons. The van der Waals surface area contributed by atoms with Gasteiger partial charge in [0.2, 0.25) is 0 Å². The molecule has 0 spiro atoms. The van der Waals surface area contributed by atoms with E-state index in [9.17, 15) is 4.79 Å². The molecule has 3 N–H and O–H groups in total. The van der Waals surface area contributed by atoms with Crippen molar-refractivity contribution >= 4 is 34.5 Å². The monoisotopic (exact) mass is 290 g/mol. The minimum Gasteiger partial charge on any atom is -0.389 e. The average Bonchev–Trinajstić information content (AvgIpc) is 2.82. The molecule has 0 saturated heterocycles. The standard InChI is InChI=1S/C14H14N2OS2/c1-9-2-7-12(19-9)8-16-14(17)11-5-3-10(4-6-11)13(15)18/h2-7H,8H2,1H3,(H2,15,18)(H,16,17). The van der Waals surface area contributed by atoms with Gasteiger partial charge >= 0.3 is 0 Å². The van der Waals surface area contributed by atoms with Crippen LogP contribution in [0.2, 0.25) is 0 Å². The summed E-state index contributed by atoms with van der Waals surface area (Å²) in [5, 5.41) is 2.88. The fourth-order valence-electron chi connectivity index (χ4n) is 1.64. The van der Waals surface area contributed by atoms with Gasteiger partial charge < -0.3 is 11.1 Å². The molecule has 0 radical (unpaired) electrons. The van der Waals surface area contributed by atoms with E-state index in [4.69, 9.17) is 18.0 Å². The van der Waals surface area contributed by atoms with Crippen molar-refractivity contribution in [1.82, 2.24) is 5.32 Å². The molecule has 19 heavy (non-hydrogen) atoms. The Balaban J connectivity index is 1.98. The minimum absolute atomic E-state index is 0.0967. The van der Waals surface area contributed by atoms with Gasteiger partial charge in [-0.25, -0.2) is 0 Å². The summed E-state index contributed by atoms with van der Waals surface area (Å²) in [5.74, 6) is -0.0967. The molecule has 1 aromatic carbocycles. The van der Waals surface area contributed by atoms with Crippen molar-refractivity contribution in [1.29, 1.82) is 0 Å². The van der Waals surface area contributed by atoms with E-state index < -0.39 is 0 Å². The average molecular weight is 290 g/mol. The first-order valence-electron chi connectivity index (χ1n) is 5.79. The van der Waals surface area contributed by atoms with Crippen LogP contribution in [0.15, 0.2) is 36.4 Å². The molecular formula is C14H14N2OS2. The summed E-state index contributed by atoms with van der Waals surface area (Å²) in [6, 6.07) is 11.0. The smallest absolute Gasteiger partial charge is 0.251 e. The van der Waals surface area contributed by atoms with Gasteiger partial charge in [0.15, 0.2) is 0 Å². The topological polar surface area (TPSA) is 55.1 Å². The van der Waals surface area contributed by atoms with E-state index in [0.717, 1.165) is 10.4 Å². The third kappa shape index (κ3) is 3.62. The summed E-state index contributed by atoms with van der Waals surface area (Å²) in [5.41, 5.74) is 6.88. The molecule has 0 atom stereocenters. The highest BCUT2D eigenvalue weighted by Gasteiger charge is 2.06. The van der Waals surface area contributed by atoms with E-state index >= 15 is 0 Å². The molecule has 2 rings (SSSR count). The summed E-state index contributed by atoms with van der Waals surface area (Å²) in [6.07, 6.45) is 0. The number of nitrogens with one attached hydrogen (secondary N) is 1. The lowest BCUT2D eigenvalue weighted by Gasteiger charge is -2.04. The molecule has 0 fully saturated rings. The van der Waals surface area contributed by atoms with Crippen LogP contribution in [-0.4, -0.2) is 10.9 Å². The second-order valence-corrected chi connectivity index (χ2v) is 5.95. The SMILES string of the molecule is Cc1ccc(CNC(=O)c2ccc(C(N)=S)cc2)s1. The van der Waals surface area contributed by atoms with Crippen molar-refractivity contribution in [2.45, 2.75) is 13.5 Å². The lowest BCUT2D eigenvalue weighted by Crippen LogP contribution is -2.22. The number of hydrogen-bond donors (Lipinski definition) is 2. The molecule has 0 bridgehead atoms. The molecule has 1 amide bonds. The third-order valence-electron chi connectivity index (χ3n) is 2.65. The Morgan fingerprint density at radius 3 is 2.37 bits per heavy atom. The van der Waals surface area contributed by atoms with Crippen LogP contribution in [0.25, 0.3) is 0 Å². The number of benzene rings is 1. The number of thiophene rings is 1. The first-order chi connectivity index (χ1) is 9.06. The summed E-state index contributed by atoms with van der Waals surface area (Å²) >= 11 is 6.55. The number of thiocarbonyl (C=S) groups is 1. The quantitative estimate of drug-likeness (QED) is 0.851. The van der Waals surface area contributed by atoms with Crippen LogP contribution in [0.1, 0.15) is 25.7 Å². The molecule has 1 heterocycles. The van der Waals surface area contributed by atoms with E-state index in [1.165, 1.54) is 4.88 Å². The van der Waals surface area contributed by atoms with Crippen LogP contribution in [0.3, 0.4) is 0 Å². The predicted molar refractivity (Wildman–Crippen MR) is 82.6 cm³/mol. The first kappa shape index (κ1) is 13.7. The molecule has 0 saturated carbocycles. The summed E-state index contributed by atoms with van der Waals surface area (Å²) in [7, 11) is 0. The Kier molecular flexibility index (Phi) is 4.29. The number of amides is 1. The molecule has 0 aliphatic heterocycles. The van der Waals surface area contributed by atoms with Crippen LogP contribution in [0.4, 0.5) is 0 Å². The van der Waals surface area contributed by atoms with Gasteiger partial charge in [-0.3, -0.25) is 4.79 Å². The second kappa shape index (κ2) is 5.95. The van der Waals surface area contributed by atoms with Crippen LogP contribution in [0.5, 0.6) is 0 Å². The number of aryl methyl sites for hydroxylation is 1. The van der Waals surface area contributed by atoms with Gasteiger partial charge in [-0.2, -0.15) is 0 Å². The van der Waals surface area contributed by atoms with Crippen molar-refractivity contribution in [2.24, 2.45) is 5.73 Å². The van der Waals surface area contributed by atoms with Crippen molar-refractivity contribution in [3.05, 3.63) is 57.3 Å². The minimum atomic E-state index is -0.0967. The van der Waals surface area contributed by atoms with Crippen LogP contribution in [0, 0.1) is 6.92 Å². The van der Waals surface area contributed by atoms with E-state index in [0.29, 0.717) is 17.1 Å². The zero-order chi connectivity index (χ0) is 13.8. The lowest BCUT2D eigenvalue weighted by molar-refractivity contribution is 0.0951. The number of nitrogens with two attached hydrogens (primary N) is 1. The highest BCUT2D eigenvalue weighted by molar-refractivity contribution is 7.80. The van der Waals surface area contributed by atoms with Crippen molar-refractivity contribution < 1.29 is 4.79 Å². The van der Waals surface area contributed by atoms with E-state index in [-0.39, 0.29) is 5.91 Å². The second-order valence-electron chi connectivity index (χ2n) is 4.14. The van der Waals surface area contributed by atoms with Crippen LogP contribution < -0.4 is 11.1 Å². The highest BCUT2D eigenvalue weighted by atomic mass is 32.1. The van der Waals surface area contributed by atoms with Gasteiger partial charge in [0.05, 0.1) is 6.54 Å². The molecular weight excluding hydrogens is 276 g/mol. The van der Waals surface area contributed by atoms with Gasteiger partial charge in [-0.05, 0) is 31.2 Å². The molecule has 3 nitrogen and oxygen atoms in total. The van der Waals surface area contributed by atoms with Crippen molar-refractivity contribution in [3.8, 4) is 0 Å². The largest absolute Gasteiger partial charge is 0.389 e. The Morgan fingerprint density at radius 2 is 1.84 bits per heavy atom. The van der Waals surface area contributed by atoms with Crippen molar-refractivity contribution in [3.63, 3.8) is 0 Å². The van der Waals surface area contributed by atoms with E-state index in [1.807, 2.05) is 19.1 Å². The normalized spacial score (nSPS) is 10.2. The number of carbonyl (C=O) groups excluding carboxylic acids is 1. The van der Waals surface area contributed by atoms with Crippen LogP contribution >= 0.6 is 23.6 Å². The molecule has 0 aliphatic carbocycles. The zero-order valence-corrected chi connectivity index (χ0v) is 12.1. The van der Waals surface area contributed by atoms with Crippen molar-refractivity contribution in [2.75, 3.05) is 0 Å². The fourth-order valence-corrected chi connectivity index (χ4v) is 2.60. The lowest BCUT2D eigenvalue weighted by atomic mass is 10.1. The summed E-state index contributed by atoms with van der Waals surface area (Å²) < 4.78 is 0. The Hall–Kier alpha value is -1.72. The summed E-state index contributed by atoms with van der Waals surface area (Å²) in [6.45, 7) is 2.60. The number of rotatable bonds is 4. The van der Waals surface area contributed by atoms with Gasteiger partial charge in [0, 0.05) is 20.9 Å². The Labute approximate surface area is 121 Å². The maximum atomic E-state index is 11.9. The highest BCUT2D eigenvalue weighted by Crippen LogP contribution is 2.14. The maximum Gasteiger partial charge on any atom is 0.251 e. The third-order valence-corrected chi connectivity index (χ3v) is 3.89. The molecule has 0 aliphatic rings.